The second-order valence-electron chi connectivity index (χ2n) is 14.7. The van der Waals surface area contributed by atoms with E-state index in [4.69, 9.17) is 0 Å². The smallest absolute Gasteiger partial charge is 0.116 e. The van der Waals surface area contributed by atoms with Crippen LogP contribution in [0.25, 0.3) is 49.7 Å². The van der Waals surface area contributed by atoms with Gasteiger partial charge in [0.1, 0.15) is 6.17 Å². The first-order valence-corrected chi connectivity index (χ1v) is 18.0. The molecular weight excluding hydrogens is 619 g/mol. The summed E-state index contributed by atoms with van der Waals surface area (Å²) in [6, 6.07) is 62.5. The molecule has 3 unspecified atom stereocenters. The van der Waals surface area contributed by atoms with E-state index in [1.54, 1.807) is 0 Å². The van der Waals surface area contributed by atoms with Crippen molar-refractivity contribution < 1.29 is 0 Å². The highest BCUT2D eigenvalue weighted by Gasteiger charge is 2.45. The number of rotatable bonds is 7. The van der Waals surface area contributed by atoms with Crippen molar-refractivity contribution in [2.75, 3.05) is 0 Å². The van der Waals surface area contributed by atoms with Crippen molar-refractivity contribution in [3.63, 3.8) is 0 Å². The molecule has 1 saturated heterocycles. The molecular formula is C48H39N3. The van der Waals surface area contributed by atoms with Crippen LogP contribution in [0, 0.1) is 0 Å². The standard InChI is InChI=1S/C48H39N3/c1-48(2)43-22-11-9-20-39(43)41-29-42-40-21-10-12-23-45(40)51(46(42)30-44(41)48)38-19-13-14-34(28-38)32-50-47(37-17-7-4-8-18-37)49(50)31-33-24-26-36(27-25-33)35-15-5-3-6-16-35/h3-30,47H,31-32H2,1-2H3. The van der Waals surface area contributed by atoms with Gasteiger partial charge < -0.3 is 4.57 Å². The summed E-state index contributed by atoms with van der Waals surface area (Å²) in [5.74, 6) is 0. The van der Waals surface area contributed by atoms with E-state index in [1.807, 2.05) is 0 Å². The van der Waals surface area contributed by atoms with Crippen LogP contribution in [0.3, 0.4) is 0 Å². The fourth-order valence-electron chi connectivity index (χ4n) is 8.61. The molecule has 10 rings (SSSR count). The van der Waals surface area contributed by atoms with E-state index in [2.05, 4.69) is 198 Å². The van der Waals surface area contributed by atoms with Crippen molar-refractivity contribution in [2.24, 2.45) is 0 Å². The first-order valence-electron chi connectivity index (χ1n) is 18.0. The van der Waals surface area contributed by atoms with Crippen LogP contribution in [0.4, 0.5) is 0 Å². The Labute approximate surface area is 299 Å². The van der Waals surface area contributed by atoms with E-state index < -0.39 is 0 Å². The number of nitrogens with zero attached hydrogens (tertiary/aromatic N) is 3. The van der Waals surface area contributed by atoms with Gasteiger partial charge in [-0.2, -0.15) is 0 Å². The molecule has 1 fully saturated rings. The summed E-state index contributed by atoms with van der Waals surface area (Å²) in [5, 5.41) is 7.62. The molecule has 3 atom stereocenters. The minimum absolute atomic E-state index is 0.0553. The van der Waals surface area contributed by atoms with E-state index in [-0.39, 0.29) is 11.6 Å². The lowest BCUT2D eigenvalue weighted by atomic mass is 9.82. The zero-order chi connectivity index (χ0) is 34.1. The van der Waals surface area contributed by atoms with Crippen LogP contribution < -0.4 is 0 Å². The highest BCUT2D eigenvalue weighted by molar-refractivity contribution is 6.11. The average Bonchev–Trinajstić information content (AvgIpc) is 3.66. The normalized spacial score (nSPS) is 18.5. The number of para-hydroxylation sites is 1. The minimum atomic E-state index is -0.0553. The molecule has 3 nitrogen and oxygen atoms in total. The van der Waals surface area contributed by atoms with E-state index >= 15 is 0 Å². The lowest BCUT2D eigenvalue weighted by Gasteiger charge is -2.21. The molecule has 0 bridgehead atoms. The van der Waals surface area contributed by atoms with Crippen molar-refractivity contribution >= 4 is 21.8 Å². The van der Waals surface area contributed by atoms with Gasteiger partial charge in [-0.25, -0.2) is 10.0 Å². The number of fused-ring (bicyclic) bond motifs is 6. The summed E-state index contributed by atoms with van der Waals surface area (Å²) in [4.78, 5) is 0. The number of aromatic nitrogens is 1. The Morgan fingerprint density at radius 1 is 0.471 bits per heavy atom. The van der Waals surface area contributed by atoms with Crippen molar-refractivity contribution in [1.82, 2.24) is 14.6 Å². The van der Waals surface area contributed by atoms with Crippen molar-refractivity contribution in [3.05, 3.63) is 198 Å². The molecule has 0 spiro atoms. The Morgan fingerprint density at radius 2 is 1.14 bits per heavy atom. The van der Waals surface area contributed by atoms with E-state index in [0.29, 0.717) is 0 Å². The Hall–Kier alpha value is -5.74. The largest absolute Gasteiger partial charge is 0.309 e. The summed E-state index contributed by atoms with van der Waals surface area (Å²) in [6.45, 7) is 6.44. The third-order valence-corrected chi connectivity index (χ3v) is 11.2. The van der Waals surface area contributed by atoms with Crippen molar-refractivity contribution in [1.29, 1.82) is 0 Å². The summed E-state index contributed by atoms with van der Waals surface area (Å²) in [6.07, 6.45) is 0.239. The van der Waals surface area contributed by atoms with E-state index in [1.165, 1.54) is 77.6 Å². The first kappa shape index (κ1) is 30.1. The van der Waals surface area contributed by atoms with Gasteiger partial charge in [0, 0.05) is 35.0 Å². The Bertz CT molecular complexity index is 2560. The van der Waals surface area contributed by atoms with Gasteiger partial charge in [0.25, 0.3) is 0 Å². The predicted molar refractivity (Wildman–Crippen MR) is 210 cm³/mol. The fourth-order valence-corrected chi connectivity index (χ4v) is 8.61. The Kier molecular flexibility index (Phi) is 6.89. The number of hydrogen-bond donors (Lipinski definition) is 0. The maximum Gasteiger partial charge on any atom is 0.116 e. The van der Waals surface area contributed by atoms with Crippen LogP contribution in [-0.4, -0.2) is 14.6 Å². The number of hydrazine groups is 1. The predicted octanol–water partition coefficient (Wildman–Crippen LogP) is 11.7. The second kappa shape index (κ2) is 11.7. The van der Waals surface area contributed by atoms with Crippen molar-refractivity contribution in [3.8, 4) is 27.9 Å². The van der Waals surface area contributed by atoms with Crippen LogP contribution in [0.15, 0.2) is 170 Å². The van der Waals surface area contributed by atoms with Crippen molar-refractivity contribution in [2.45, 2.75) is 38.5 Å². The first-order chi connectivity index (χ1) is 25.0. The van der Waals surface area contributed by atoms with Gasteiger partial charge in [0.15, 0.2) is 0 Å². The molecule has 0 N–H and O–H groups in total. The monoisotopic (exact) mass is 657 g/mol. The van der Waals surface area contributed by atoms with Crippen LogP contribution in [-0.2, 0) is 18.5 Å². The van der Waals surface area contributed by atoms with Gasteiger partial charge in [0.2, 0.25) is 0 Å². The fraction of sp³-hybridized carbons (Fsp3) is 0.125. The minimum Gasteiger partial charge on any atom is -0.309 e. The SMILES string of the molecule is CC1(C)c2ccccc2-c2cc3c4ccccc4n(-c4cccc(CN5C(c6ccccc6)N5Cc5ccc(-c6ccccc6)cc5)c4)c3cc21. The van der Waals surface area contributed by atoms with Gasteiger partial charge in [-0.05, 0) is 80.4 Å². The molecule has 246 valence electrons. The molecule has 3 heteroatoms. The molecule has 1 aromatic heterocycles. The molecule has 1 aliphatic heterocycles. The molecule has 2 aliphatic rings. The average molecular weight is 658 g/mol. The quantitative estimate of drug-likeness (QED) is 0.158. The highest BCUT2D eigenvalue weighted by atomic mass is 15.9. The molecule has 0 saturated carbocycles. The number of hydrogen-bond acceptors (Lipinski definition) is 2. The van der Waals surface area contributed by atoms with E-state index in [9.17, 15) is 0 Å². The maximum absolute atomic E-state index is 2.51. The van der Waals surface area contributed by atoms with Gasteiger partial charge in [-0.3, -0.25) is 0 Å². The third-order valence-electron chi connectivity index (χ3n) is 11.2. The van der Waals surface area contributed by atoms with Crippen LogP contribution >= 0.6 is 0 Å². The lowest BCUT2D eigenvalue weighted by molar-refractivity contribution is 0.293. The molecule has 0 amide bonds. The summed E-state index contributed by atoms with van der Waals surface area (Å²) < 4.78 is 2.48. The summed E-state index contributed by atoms with van der Waals surface area (Å²) in [5.41, 5.74) is 15.6. The molecule has 2 heterocycles. The lowest BCUT2D eigenvalue weighted by Crippen LogP contribution is -2.15. The molecule has 7 aromatic carbocycles. The second-order valence-corrected chi connectivity index (χ2v) is 14.7. The topological polar surface area (TPSA) is 10.9 Å². The zero-order valence-corrected chi connectivity index (χ0v) is 29.0. The summed E-state index contributed by atoms with van der Waals surface area (Å²) >= 11 is 0. The van der Waals surface area contributed by atoms with Crippen LogP contribution in [0.1, 0.15) is 47.8 Å². The number of benzene rings is 7. The molecule has 0 radical (unpaired) electrons. The highest BCUT2D eigenvalue weighted by Crippen LogP contribution is 2.51. The van der Waals surface area contributed by atoms with Crippen LogP contribution in [0.5, 0.6) is 0 Å². The Morgan fingerprint density at radius 3 is 1.94 bits per heavy atom. The van der Waals surface area contributed by atoms with Gasteiger partial charge in [0.05, 0.1) is 11.0 Å². The third kappa shape index (κ3) is 4.96. The molecule has 8 aromatic rings. The van der Waals surface area contributed by atoms with Gasteiger partial charge >= 0.3 is 0 Å². The molecule has 51 heavy (non-hydrogen) atoms. The molecule has 1 aliphatic carbocycles. The zero-order valence-electron chi connectivity index (χ0n) is 29.0. The summed E-state index contributed by atoms with van der Waals surface area (Å²) in [7, 11) is 0. The van der Waals surface area contributed by atoms with Gasteiger partial charge in [-0.15, -0.1) is 0 Å². The van der Waals surface area contributed by atoms with Crippen LogP contribution in [0.2, 0.25) is 0 Å². The Balaban J connectivity index is 1.00. The maximum atomic E-state index is 2.51. The van der Waals surface area contributed by atoms with E-state index in [0.717, 1.165) is 13.1 Å². The van der Waals surface area contributed by atoms with Gasteiger partial charge in [-0.1, -0.05) is 153 Å².